The molecule has 0 bridgehead atoms. The van der Waals surface area contributed by atoms with Gasteiger partial charge in [-0.25, -0.2) is 5.43 Å². The average molecular weight is 409 g/mol. The van der Waals surface area contributed by atoms with Crippen molar-refractivity contribution in [3.05, 3.63) is 54.1 Å². The summed E-state index contributed by atoms with van der Waals surface area (Å²) in [5.41, 5.74) is 5.16. The number of ether oxygens (including phenoxy) is 1. The predicted molar refractivity (Wildman–Crippen MR) is 119 cm³/mol. The standard InChI is InChI=1S/C23H28N4O3/c1-3-13-26(14-4-2)19-11-9-18(10-12-19)15-24-25-22(28)16-27-20-7-5-6-8-21(20)30-17-23(27)29/h5-12,15H,3-4,13-14,16-17H2,1-2H3,(H,25,28)/b24-15-. The second-order valence-corrected chi connectivity index (χ2v) is 7.11. The quantitative estimate of drug-likeness (QED) is 0.511. The fourth-order valence-electron chi connectivity index (χ4n) is 3.37. The second kappa shape index (κ2) is 10.4. The van der Waals surface area contributed by atoms with Crippen LogP contribution in [0.1, 0.15) is 32.3 Å². The molecule has 158 valence electrons. The molecule has 0 saturated heterocycles. The van der Waals surface area contributed by atoms with Gasteiger partial charge in [-0.05, 0) is 42.7 Å². The first-order valence-corrected chi connectivity index (χ1v) is 10.3. The van der Waals surface area contributed by atoms with Crippen LogP contribution in [0.15, 0.2) is 53.6 Å². The Balaban J connectivity index is 1.56. The molecule has 7 nitrogen and oxygen atoms in total. The largest absolute Gasteiger partial charge is 0.482 e. The number of rotatable bonds is 9. The number of amides is 2. The number of anilines is 2. The predicted octanol–water partition coefficient (Wildman–Crippen LogP) is 3.19. The molecule has 0 fully saturated rings. The van der Waals surface area contributed by atoms with E-state index in [2.05, 4.69) is 41.4 Å². The van der Waals surface area contributed by atoms with Crippen LogP contribution in [0.2, 0.25) is 0 Å². The van der Waals surface area contributed by atoms with E-state index in [9.17, 15) is 9.59 Å². The highest BCUT2D eigenvalue weighted by molar-refractivity contribution is 6.02. The smallest absolute Gasteiger partial charge is 0.265 e. The summed E-state index contributed by atoms with van der Waals surface area (Å²) in [4.78, 5) is 28.2. The zero-order valence-corrected chi connectivity index (χ0v) is 17.5. The number of hydrogen-bond acceptors (Lipinski definition) is 5. The topological polar surface area (TPSA) is 74.2 Å². The Bertz CT molecular complexity index is 890. The summed E-state index contributed by atoms with van der Waals surface area (Å²) in [6.07, 6.45) is 3.80. The molecule has 2 aromatic carbocycles. The molecule has 0 aromatic heterocycles. The highest BCUT2D eigenvalue weighted by atomic mass is 16.5. The Morgan fingerprint density at radius 1 is 1.13 bits per heavy atom. The first-order valence-electron chi connectivity index (χ1n) is 10.3. The van der Waals surface area contributed by atoms with Crippen LogP contribution in [0.25, 0.3) is 0 Å². The molecule has 0 unspecified atom stereocenters. The van der Waals surface area contributed by atoms with Gasteiger partial charge in [-0.15, -0.1) is 0 Å². The van der Waals surface area contributed by atoms with Gasteiger partial charge in [0.25, 0.3) is 11.8 Å². The molecule has 0 spiro atoms. The summed E-state index contributed by atoms with van der Waals surface area (Å²) in [7, 11) is 0. The normalized spacial score (nSPS) is 13.1. The minimum Gasteiger partial charge on any atom is -0.482 e. The van der Waals surface area contributed by atoms with E-state index in [-0.39, 0.29) is 25.0 Å². The highest BCUT2D eigenvalue weighted by Gasteiger charge is 2.26. The van der Waals surface area contributed by atoms with Crippen molar-refractivity contribution in [3.8, 4) is 5.75 Å². The van der Waals surface area contributed by atoms with Crippen molar-refractivity contribution in [1.82, 2.24) is 5.43 Å². The van der Waals surface area contributed by atoms with Gasteiger partial charge in [-0.1, -0.05) is 38.1 Å². The molecular formula is C23H28N4O3. The third-order valence-electron chi connectivity index (χ3n) is 4.76. The summed E-state index contributed by atoms with van der Waals surface area (Å²) in [6.45, 7) is 6.22. The first kappa shape index (κ1) is 21.4. The molecule has 2 aromatic rings. The van der Waals surface area contributed by atoms with Crippen LogP contribution in [0.4, 0.5) is 11.4 Å². The molecule has 7 heteroatoms. The van der Waals surface area contributed by atoms with E-state index in [4.69, 9.17) is 4.74 Å². The van der Waals surface area contributed by atoms with E-state index in [0.29, 0.717) is 11.4 Å². The molecule has 0 radical (unpaired) electrons. The van der Waals surface area contributed by atoms with Crippen molar-refractivity contribution in [2.45, 2.75) is 26.7 Å². The van der Waals surface area contributed by atoms with E-state index in [0.717, 1.165) is 31.5 Å². The third kappa shape index (κ3) is 5.37. The van der Waals surface area contributed by atoms with E-state index >= 15 is 0 Å². The Kier molecular flexibility index (Phi) is 7.43. The molecule has 0 aliphatic carbocycles. The van der Waals surface area contributed by atoms with Crippen molar-refractivity contribution in [3.63, 3.8) is 0 Å². The van der Waals surface area contributed by atoms with Gasteiger partial charge in [-0.3, -0.25) is 14.5 Å². The summed E-state index contributed by atoms with van der Waals surface area (Å²) in [5, 5.41) is 4.03. The number of hydrazone groups is 1. The van der Waals surface area contributed by atoms with Crippen LogP contribution in [-0.2, 0) is 9.59 Å². The number of nitrogens with one attached hydrogen (secondary N) is 1. The number of carbonyl (C=O) groups is 2. The van der Waals surface area contributed by atoms with Gasteiger partial charge >= 0.3 is 0 Å². The molecule has 1 aliphatic heterocycles. The lowest BCUT2D eigenvalue weighted by molar-refractivity contribution is -0.125. The first-order chi connectivity index (χ1) is 14.6. The van der Waals surface area contributed by atoms with Crippen molar-refractivity contribution in [2.75, 3.05) is 36.0 Å². The van der Waals surface area contributed by atoms with Crippen LogP contribution in [0, 0.1) is 0 Å². The average Bonchev–Trinajstić information content (AvgIpc) is 2.76. The highest BCUT2D eigenvalue weighted by Crippen LogP contribution is 2.31. The monoisotopic (exact) mass is 408 g/mol. The number of carbonyl (C=O) groups excluding carboxylic acids is 2. The molecule has 3 rings (SSSR count). The van der Waals surface area contributed by atoms with E-state index in [1.165, 1.54) is 10.6 Å². The van der Waals surface area contributed by atoms with Gasteiger partial charge in [0.1, 0.15) is 12.3 Å². The van der Waals surface area contributed by atoms with E-state index < -0.39 is 0 Å². The minimum absolute atomic E-state index is 0.0764. The van der Waals surface area contributed by atoms with Gasteiger partial charge in [0.15, 0.2) is 6.61 Å². The molecular weight excluding hydrogens is 380 g/mol. The number of hydrogen-bond donors (Lipinski definition) is 1. The van der Waals surface area contributed by atoms with Crippen LogP contribution in [0.5, 0.6) is 5.75 Å². The van der Waals surface area contributed by atoms with Crippen molar-refractivity contribution < 1.29 is 14.3 Å². The summed E-state index contributed by atoms with van der Waals surface area (Å²) < 4.78 is 5.39. The maximum atomic E-state index is 12.3. The number of para-hydroxylation sites is 2. The fourth-order valence-corrected chi connectivity index (χ4v) is 3.37. The molecule has 1 N–H and O–H groups in total. The van der Waals surface area contributed by atoms with Crippen molar-refractivity contribution in [1.29, 1.82) is 0 Å². The van der Waals surface area contributed by atoms with Crippen LogP contribution in [0.3, 0.4) is 0 Å². The van der Waals surface area contributed by atoms with Crippen LogP contribution >= 0.6 is 0 Å². The Morgan fingerprint density at radius 2 is 1.83 bits per heavy atom. The number of fused-ring (bicyclic) bond motifs is 1. The van der Waals surface area contributed by atoms with Crippen LogP contribution in [-0.4, -0.2) is 44.3 Å². The molecule has 0 atom stereocenters. The zero-order valence-electron chi connectivity index (χ0n) is 17.5. The molecule has 30 heavy (non-hydrogen) atoms. The zero-order chi connectivity index (χ0) is 21.3. The molecule has 2 amide bonds. The van der Waals surface area contributed by atoms with Gasteiger partial charge in [0, 0.05) is 18.8 Å². The van der Waals surface area contributed by atoms with Gasteiger partial charge in [0.05, 0.1) is 11.9 Å². The van der Waals surface area contributed by atoms with E-state index in [1.54, 1.807) is 24.4 Å². The summed E-state index contributed by atoms with van der Waals surface area (Å²) in [6, 6.07) is 15.2. The second-order valence-electron chi connectivity index (χ2n) is 7.11. The van der Waals surface area contributed by atoms with Crippen LogP contribution < -0.4 is 20.0 Å². The Labute approximate surface area is 177 Å². The molecule has 0 saturated carbocycles. The maximum absolute atomic E-state index is 12.3. The SMILES string of the molecule is CCCN(CCC)c1ccc(/C=N\NC(=O)CN2C(=O)COc3ccccc32)cc1. The Hall–Kier alpha value is -3.35. The van der Waals surface area contributed by atoms with Crippen molar-refractivity contribution >= 4 is 29.4 Å². The maximum Gasteiger partial charge on any atom is 0.265 e. The fraction of sp³-hybridized carbons (Fsp3) is 0.348. The van der Waals surface area contributed by atoms with E-state index in [1.807, 2.05) is 18.2 Å². The van der Waals surface area contributed by atoms with Gasteiger partial charge in [-0.2, -0.15) is 5.10 Å². The summed E-state index contributed by atoms with van der Waals surface area (Å²) in [5.74, 6) is -0.0363. The summed E-state index contributed by atoms with van der Waals surface area (Å²) >= 11 is 0. The van der Waals surface area contributed by atoms with Gasteiger partial charge < -0.3 is 9.64 Å². The van der Waals surface area contributed by atoms with Crippen molar-refractivity contribution in [2.24, 2.45) is 5.10 Å². The lowest BCUT2D eigenvalue weighted by Crippen LogP contribution is -2.44. The lowest BCUT2D eigenvalue weighted by atomic mass is 10.2. The molecule has 1 heterocycles. The molecule has 1 aliphatic rings. The minimum atomic E-state index is -0.370. The lowest BCUT2D eigenvalue weighted by Gasteiger charge is -2.28. The third-order valence-corrected chi connectivity index (χ3v) is 4.76. The number of nitrogens with zero attached hydrogens (tertiary/aromatic N) is 3. The van der Waals surface area contributed by atoms with Gasteiger partial charge in [0.2, 0.25) is 0 Å². The Morgan fingerprint density at radius 3 is 2.53 bits per heavy atom. The number of benzene rings is 2.